The van der Waals surface area contributed by atoms with Crippen molar-refractivity contribution < 1.29 is 9.52 Å². The number of hydrogen-bond acceptors (Lipinski definition) is 6. The number of fused-ring (bicyclic) bond motifs is 3. The molecule has 2 aromatic heterocycles. The fourth-order valence-corrected chi connectivity index (χ4v) is 3.00. The molecule has 0 aliphatic heterocycles. The molecule has 6 nitrogen and oxygen atoms in total. The number of aromatic hydroxyl groups is 1. The van der Waals surface area contributed by atoms with Gasteiger partial charge in [-0.25, -0.2) is 4.98 Å². The van der Waals surface area contributed by atoms with Crippen LogP contribution in [0, 0.1) is 0 Å². The Bertz CT molecular complexity index is 1040. The minimum Gasteiger partial charge on any atom is -0.508 e. The van der Waals surface area contributed by atoms with E-state index in [1.807, 2.05) is 31.3 Å². The first-order chi connectivity index (χ1) is 12.7. The quantitative estimate of drug-likeness (QED) is 0.464. The Labute approximate surface area is 150 Å². The summed E-state index contributed by atoms with van der Waals surface area (Å²) in [6, 6.07) is 15.2. The Balaban J connectivity index is 1.82. The van der Waals surface area contributed by atoms with Crippen LogP contribution in [0.2, 0.25) is 0 Å². The third kappa shape index (κ3) is 3.19. The maximum Gasteiger partial charge on any atom is 0.232 e. The van der Waals surface area contributed by atoms with Gasteiger partial charge in [0.15, 0.2) is 0 Å². The normalized spacial score (nSPS) is 11.3. The van der Waals surface area contributed by atoms with Crippen molar-refractivity contribution in [1.82, 2.24) is 15.3 Å². The molecule has 132 valence electrons. The molecule has 26 heavy (non-hydrogen) atoms. The first-order valence-corrected chi connectivity index (χ1v) is 8.59. The zero-order chi connectivity index (χ0) is 17.9. The summed E-state index contributed by atoms with van der Waals surface area (Å²) in [4.78, 5) is 9.35. The van der Waals surface area contributed by atoms with Crippen molar-refractivity contribution in [1.29, 1.82) is 0 Å². The Morgan fingerprint density at radius 1 is 1.04 bits per heavy atom. The maximum absolute atomic E-state index is 9.73. The van der Waals surface area contributed by atoms with Gasteiger partial charge in [-0.1, -0.05) is 30.3 Å². The molecule has 0 saturated carbocycles. The number of rotatable bonds is 6. The average Bonchev–Trinajstić information content (AvgIpc) is 3.00. The van der Waals surface area contributed by atoms with Crippen LogP contribution in [0.1, 0.15) is 11.4 Å². The highest BCUT2D eigenvalue weighted by Crippen LogP contribution is 2.34. The molecular formula is C20H20N4O2. The number of aromatic nitrogens is 2. The lowest BCUT2D eigenvalue weighted by Gasteiger charge is -2.08. The van der Waals surface area contributed by atoms with Gasteiger partial charge in [0.1, 0.15) is 23.0 Å². The monoisotopic (exact) mass is 348 g/mol. The number of anilines is 1. The van der Waals surface area contributed by atoms with E-state index >= 15 is 0 Å². The van der Waals surface area contributed by atoms with Crippen LogP contribution in [0.4, 0.5) is 5.82 Å². The van der Waals surface area contributed by atoms with Gasteiger partial charge in [0.05, 0.1) is 5.39 Å². The van der Waals surface area contributed by atoms with Gasteiger partial charge < -0.3 is 20.2 Å². The van der Waals surface area contributed by atoms with E-state index in [4.69, 9.17) is 9.40 Å². The Morgan fingerprint density at radius 2 is 1.88 bits per heavy atom. The number of phenolic OH excluding ortho intramolecular Hbond substituents is 1. The smallest absolute Gasteiger partial charge is 0.232 e. The summed E-state index contributed by atoms with van der Waals surface area (Å²) in [7, 11) is 1.91. The Hall–Kier alpha value is -3.12. The van der Waals surface area contributed by atoms with Gasteiger partial charge in [0, 0.05) is 31.0 Å². The second kappa shape index (κ2) is 7.01. The lowest BCUT2D eigenvalue weighted by molar-refractivity contribution is 0.475. The van der Waals surface area contributed by atoms with Gasteiger partial charge in [0.25, 0.3) is 0 Å². The summed E-state index contributed by atoms with van der Waals surface area (Å²) >= 11 is 0. The summed E-state index contributed by atoms with van der Waals surface area (Å²) in [5.41, 5.74) is 2.27. The van der Waals surface area contributed by atoms with Crippen molar-refractivity contribution in [2.75, 3.05) is 25.5 Å². The molecule has 0 unspecified atom stereocenters. The summed E-state index contributed by atoms with van der Waals surface area (Å²) in [6.45, 7) is 1.55. The number of hydrogen-bond donors (Lipinski definition) is 3. The highest BCUT2D eigenvalue weighted by Gasteiger charge is 2.16. The number of phenols is 1. The van der Waals surface area contributed by atoms with Gasteiger partial charge in [-0.3, -0.25) is 0 Å². The highest BCUT2D eigenvalue weighted by atomic mass is 16.3. The lowest BCUT2D eigenvalue weighted by atomic mass is 10.1. The van der Waals surface area contributed by atoms with Crippen LogP contribution in [0.3, 0.4) is 0 Å². The summed E-state index contributed by atoms with van der Waals surface area (Å²) in [5.74, 6) is 1.61. The van der Waals surface area contributed by atoms with E-state index in [1.54, 1.807) is 12.1 Å². The van der Waals surface area contributed by atoms with E-state index in [-0.39, 0.29) is 5.75 Å². The van der Waals surface area contributed by atoms with Crippen LogP contribution < -0.4 is 10.6 Å². The fraction of sp³-hybridized carbons (Fsp3) is 0.200. The van der Waals surface area contributed by atoms with E-state index in [0.717, 1.165) is 35.2 Å². The van der Waals surface area contributed by atoms with Crippen LogP contribution in [-0.4, -0.2) is 35.2 Å². The van der Waals surface area contributed by atoms with Crippen LogP contribution in [-0.2, 0) is 6.42 Å². The molecule has 0 radical (unpaired) electrons. The first kappa shape index (κ1) is 16.4. The first-order valence-electron chi connectivity index (χ1n) is 8.59. The van der Waals surface area contributed by atoms with E-state index < -0.39 is 0 Å². The third-order valence-electron chi connectivity index (χ3n) is 4.24. The lowest BCUT2D eigenvalue weighted by Crippen LogP contribution is -2.18. The second-order valence-electron chi connectivity index (χ2n) is 6.14. The van der Waals surface area contributed by atoms with Crippen molar-refractivity contribution in [2.45, 2.75) is 6.42 Å². The molecule has 6 heteroatoms. The topological polar surface area (TPSA) is 83.2 Å². The van der Waals surface area contributed by atoms with Gasteiger partial charge in [-0.05, 0) is 24.7 Å². The molecular weight excluding hydrogens is 328 g/mol. The number of benzene rings is 2. The van der Waals surface area contributed by atoms with Crippen LogP contribution in [0.5, 0.6) is 5.75 Å². The molecule has 0 bridgehead atoms. The standard InChI is InChI=1S/C20H20N4O2/c1-21-9-10-22-19-18-15-8-7-14(25)12-16(15)26-20(18)24-17(23-19)11-13-5-3-2-4-6-13/h2-8,12,21,25H,9-11H2,1H3,(H,22,23,24). The Morgan fingerprint density at radius 3 is 2.69 bits per heavy atom. The molecule has 0 aliphatic rings. The minimum absolute atomic E-state index is 0.165. The predicted octanol–water partition coefficient (Wildman–Crippen LogP) is 3.30. The second-order valence-corrected chi connectivity index (χ2v) is 6.14. The predicted molar refractivity (Wildman–Crippen MR) is 103 cm³/mol. The molecule has 2 aromatic carbocycles. The summed E-state index contributed by atoms with van der Waals surface area (Å²) in [6.07, 6.45) is 0.625. The molecule has 0 atom stereocenters. The largest absolute Gasteiger partial charge is 0.508 e. The van der Waals surface area contributed by atoms with E-state index in [2.05, 4.69) is 27.8 Å². The molecule has 0 fully saturated rings. The summed E-state index contributed by atoms with van der Waals surface area (Å²) < 4.78 is 5.89. The van der Waals surface area contributed by atoms with E-state index in [0.29, 0.717) is 23.5 Å². The van der Waals surface area contributed by atoms with E-state index in [1.165, 1.54) is 0 Å². The molecule has 0 aliphatic carbocycles. The minimum atomic E-state index is 0.165. The number of nitrogens with zero attached hydrogens (tertiary/aromatic N) is 2. The molecule has 4 rings (SSSR count). The third-order valence-corrected chi connectivity index (χ3v) is 4.24. The Kier molecular flexibility index (Phi) is 4.41. The maximum atomic E-state index is 9.73. The number of furan rings is 1. The summed E-state index contributed by atoms with van der Waals surface area (Å²) in [5, 5.41) is 17.9. The van der Waals surface area contributed by atoms with Gasteiger partial charge in [-0.2, -0.15) is 4.98 Å². The molecule has 0 amide bonds. The van der Waals surface area contributed by atoms with Crippen LogP contribution >= 0.6 is 0 Å². The van der Waals surface area contributed by atoms with Crippen molar-refractivity contribution in [2.24, 2.45) is 0 Å². The SMILES string of the molecule is CNCCNc1nc(Cc2ccccc2)nc2oc3cc(O)ccc3c12. The molecule has 0 saturated heterocycles. The van der Waals surface area contributed by atoms with Crippen molar-refractivity contribution in [3.05, 3.63) is 59.9 Å². The zero-order valence-corrected chi connectivity index (χ0v) is 14.5. The van der Waals surface area contributed by atoms with Crippen LogP contribution in [0.25, 0.3) is 22.1 Å². The van der Waals surface area contributed by atoms with E-state index in [9.17, 15) is 5.11 Å². The molecule has 0 spiro atoms. The number of nitrogens with one attached hydrogen (secondary N) is 2. The number of likely N-dealkylation sites (N-methyl/N-ethyl adjacent to an activating group) is 1. The van der Waals surface area contributed by atoms with Crippen molar-refractivity contribution in [3.63, 3.8) is 0 Å². The van der Waals surface area contributed by atoms with Crippen molar-refractivity contribution >= 4 is 27.9 Å². The highest BCUT2D eigenvalue weighted by molar-refractivity contribution is 6.09. The molecule has 4 aromatic rings. The van der Waals surface area contributed by atoms with Crippen LogP contribution in [0.15, 0.2) is 52.9 Å². The zero-order valence-electron chi connectivity index (χ0n) is 14.5. The molecule has 2 heterocycles. The fourth-order valence-electron chi connectivity index (χ4n) is 3.00. The van der Waals surface area contributed by atoms with Gasteiger partial charge in [-0.15, -0.1) is 0 Å². The average molecular weight is 348 g/mol. The van der Waals surface area contributed by atoms with Gasteiger partial charge in [0.2, 0.25) is 5.71 Å². The molecule has 3 N–H and O–H groups in total. The van der Waals surface area contributed by atoms with Gasteiger partial charge >= 0.3 is 0 Å². The van der Waals surface area contributed by atoms with Crippen molar-refractivity contribution in [3.8, 4) is 5.75 Å².